The molecular weight excluding hydrogens is 351 g/mol. The number of hydrogen-bond acceptors (Lipinski definition) is 7. The van der Waals surface area contributed by atoms with Crippen LogP contribution in [0, 0.1) is 5.82 Å². The first-order valence-corrected chi connectivity index (χ1v) is 10.3. The predicted octanol–water partition coefficient (Wildman–Crippen LogP) is 0.977. The molecule has 3 atom stereocenters. The van der Waals surface area contributed by atoms with Gasteiger partial charge in [0.15, 0.2) is 0 Å². The summed E-state index contributed by atoms with van der Waals surface area (Å²) in [4.78, 5) is 0. The van der Waals surface area contributed by atoms with Gasteiger partial charge in [0.1, 0.15) is 18.0 Å². The number of halogens is 1. The van der Waals surface area contributed by atoms with Crippen molar-refractivity contribution in [3.8, 4) is 0 Å². The fraction of sp³-hybridized carbons (Fsp3) is 0.538. The Bertz CT molecular complexity index is 743. The molecule has 0 spiro atoms. The fourth-order valence-corrected chi connectivity index (χ4v) is 3.33. The fourth-order valence-electron chi connectivity index (χ4n) is 2.30. The molecule has 1 aromatic rings. The maximum Gasteiger partial charge on any atom is 0.264 e. The van der Waals surface area contributed by atoms with Crippen LogP contribution in [0.4, 0.5) is 4.39 Å². The molecule has 2 rings (SSSR count). The van der Waals surface area contributed by atoms with Crippen molar-refractivity contribution in [3.63, 3.8) is 0 Å². The van der Waals surface area contributed by atoms with Crippen LogP contribution in [0.5, 0.6) is 0 Å². The van der Waals surface area contributed by atoms with Gasteiger partial charge in [-0.1, -0.05) is 12.1 Å². The van der Waals surface area contributed by atoms with E-state index in [2.05, 4.69) is 4.18 Å². The van der Waals surface area contributed by atoms with Crippen molar-refractivity contribution in [2.24, 2.45) is 0 Å². The monoisotopic (exact) mass is 368 g/mol. The number of hydrogen-bond donors (Lipinski definition) is 0. The highest BCUT2D eigenvalue weighted by Gasteiger charge is 2.39. The third kappa shape index (κ3) is 5.81. The lowest BCUT2D eigenvalue weighted by atomic mass is 10.0. The third-order valence-corrected chi connectivity index (χ3v) is 4.30. The highest BCUT2D eigenvalue weighted by molar-refractivity contribution is 7.86. The highest BCUT2D eigenvalue weighted by Crippen LogP contribution is 2.36. The molecule has 23 heavy (non-hydrogen) atoms. The Morgan fingerprint density at radius 3 is 2.26 bits per heavy atom. The van der Waals surface area contributed by atoms with Crippen LogP contribution in [0.25, 0.3) is 0 Å². The second-order valence-electron chi connectivity index (χ2n) is 5.29. The van der Waals surface area contributed by atoms with E-state index in [0.29, 0.717) is 5.56 Å². The minimum Gasteiger partial charge on any atom is -0.365 e. The van der Waals surface area contributed by atoms with E-state index in [1.807, 2.05) is 0 Å². The van der Waals surface area contributed by atoms with Gasteiger partial charge in [0.25, 0.3) is 20.2 Å². The summed E-state index contributed by atoms with van der Waals surface area (Å²) >= 11 is 0. The Balaban J connectivity index is 2.17. The van der Waals surface area contributed by atoms with Gasteiger partial charge in [-0.05, 0) is 17.7 Å². The first-order chi connectivity index (χ1) is 10.5. The van der Waals surface area contributed by atoms with Crippen LogP contribution in [0.2, 0.25) is 0 Å². The number of rotatable bonds is 6. The van der Waals surface area contributed by atoms with Crippen molar-refractivity contribution in [3.05, 3.63) is 35.6 Å². The van der Waals surface area contributed by atoms with Crippen LogP contribution < -0.4 is 0 Å². The van der Waals surface area contributed by atoms with E-state index >= 15 is 0 Å². The summed E-state index contributed by atoms with van der Waals surface area (Å²) < 4.78 is 73.2. The quantitative estimate of drug-likeness (QED) is 0.691. The van der Waals surface area contributed by atoms with Crippen LogP contribution in [-0.4, -0.2) is 48.2 Å². The summed E-state index contributed by atoms with van der Waals surface area (Å²) in [7, 11) is -7.38. The summed E-state index contributed by atoms with van der Waals surface area (Å²) in [6.45, 7) is -0.250. The van der Waals surface area contributed by atoms with E-state index in [9.17, 15) is 21.2 Å². The molecule has 1 saturated heterocycles. The Kier molecular flexibility index (Phi) is 5.41. The van der Waals surface area contributed by atoms with E-state index in [4.69, 9.17) is 8.92 Å². The second-order valence-corrected chi connectivity index (χ2v) is 8.54. The smallest absolute Gasteiger partial charge is 0.264 e. The first kappa shape index (κ1) is 18.3. The molecule has 1 heterocycles. The van der Waals surface area contributed by atoms with E-state index in [0.717, 1.165) is 12.5 Å². The van der Waals surface area contributed by atoms with E-state index < -0.39 is 44.4 Å². The molecule has 7 nitrogen and oxygen atoms in total. The van der Waals surface area contributed by atoms with Gasteiger partial charge in [0.2, 0.25) is 0 Å². The zero-order valence-corrected chi connectivity index (χ0v) is 14.1. The lowest BCUT2D eigenvalue weighted by Gasteiger charge is -2.18. The van der Waals surface area contributed by atoms with Gasteiger partial charge in [-0.2, -0.15) is 16.8 Å². The molecule has 1 aliphatic heterocycles. The Hall–Kier alpha value is -1.07. The molecule has 0 bridgehead atoms. The molecule has 0 radical (unpaired) electrons. The summed E-state index contributed by atoms with van der Waals surface area (Å²) in [5, 5.41) is 0. The van der Waals surface area contributed by atoms with Crippen LogP contribution in [0.15, 0.2) is 24.3 Å². The van der Waals surface area contributed by atoms with Crippen LogP contribution in [-0.2, 0) is 33.3 Å². The van der Waals surface area contributed by atoms with Gasteiger partial charge in [0.05, 0.1) is 25.2 Å². The van der Waals surface area contributed by atoms with E-state index in [-0.39, 0.29) is 13.0 Å². The SMILES string of the molecule is CS(=O)(=O)OC[C@@H]1C[C@H](OS(C)(=O)=O)[C@H](c2ccc(F)cc2)O1. The molecule has 0 amide bonds. The normalized spacial score (nSPS) is 25.6. The Labute approximate surface area is 134 Å². The Morgan fingerprint density at radius 1 is 1.13 bits per heavy atom. The summed E-state index contributed by atoms with van der Waals surface area (Å²) in [6.07, 6.45) is -0.322. The summed E-state index contributed by atoms with van der Waals surface area (Å²) in [5.41, 5.74) is 0.530. The number of benzene rings is 1. The maximum atomic E-state index is 13.0. The van der Waals surface area contributed by atoms with Gasteiger partial charge in [-0.25, -0.2) is 4.39 Å². The van der Waals surface area contributed by atoms with Gasteiger partial charge in [0, 0.05) is 6.42 Å². The van der Waals surface area contributed by atoms with Crippen LogP contribution in [0.3, 0.4) is 0 Å². The summed E-state index contributed by atoms with van der Waals surface area (Å²) in [6, 6.07) is 5.35. The standard InChI is InChI=1S/C13H17FO7S2/c1-22(15,16)19-8-11-7-12(21-23(2,17)18)13(20-11)9-3-5-10(14)6-4-9/h3-6,11-13H,7-8H2,1-2H3/t11-,12-,13-/m0/s1. The van der Waals surface area contributed by atoms with Gasteiger partial charge in [-0.15, -0.1) is 0 Å². The Morgan fingerprint density at radius 2 is 1.74 bits per heavy atom. The average Bonchev–Trinajstić information content (AvgIpc) is 2.77. The molecule has 130 valence electrons. The first-order valence-electron chi connectivity index (χ1n) is 6.67. The van der Waals surface area contributed by atoms with Crippen molar-refractivity contribution in [1.82, 2.24) is 0 Å². The molecule has 0 N–H and O–H groups in total. The second kappa shape index (κ2) is 6.81. The summed E-state index contributed by atoms with van der Waals surface area (Å²) in [5.74, 6) is -0.440. The lowest BCUT2D eigenvalue weighted by molar-refractivity contribution is 0.000132. The van der Waals surface area contributed by atoms with E-state index in [1.165, 1.54) is 24.3 Å². The molecule has 1 fully saturated rings. The van der Waals surface area contributed by atoms with Crippen LogP contribution in [0.1, 0.15) is 18.1 Å². The largest absolute Gasteiger partial charge is 0.365 e. The van der Waals surface area contributed by atoms with Crippen molar-refractivity contribution in [2.45, 2.75) is 24.7 Å². The predicted molar refractivity (Wildman–Crippen MR) is 79.1 cm³/mol. The molecule has 1 aliphatic rings. The van der Waals surface area contributed by atoms with Crippen molar-refractivity contribution in [1.29, 1.82) is 0 Å². The van der Waals surface area contributed by atoms with Gasteiger partial charge >= 0.3 is 0 Å². The van der Waals surface area contributed by atoms with Crippen molar-refractivity contribution in [2.75, 3.05) is 19.1 Å². The molecular formula is C13H17FO7S2. The van der Waals surface area contributed by atoms with Crippen molar-refractivity contribution >= 4 is 20.2 Å². The molecule has 0 aliphatic carbocycles. The van der Waals surface area contributed by atoms with Crippen molar-refractivity contribution < 1.29 is 34.3 Å². The lowest BCUT2D eigenvalue weighted by Crippen LogP contribution is -2.21. The topological polar surface area (TPSA) is 96.0 Å². The van der Waals surface area contributed by atoms with Gasteiger partial charge in [-0.3, -0.25) is 8.37 Å². The molecule has 0 saturated carbocycles. The highest BCUT2D eigenvalue weighted by atomic mass is 32.2. The minimum atomic E-state index is -3.74. The number of ether oxygens (including phenoxy) is 1. The molecule has 10 heteroatoms. The minimum absolute atomic E-state index is 0.130. The molecule has 1 aromatic carbocycles. The average molecular weight is 368 g/mol. The molecule has 0 aromatic heterocycles. The maximum absolute atomic E-state index is 13.0. The van der Waals surface area contributed by atoms with Gasteiger partial charge < -0.3 is 4.74 Å². The van der Waals surface area contributed by atoms with E-state index in [1.54, 1.807) is 0 Å². The zero-order chi connectivity index (χ0) is 17.3. The van der Waals surface area contributed by atoms with Crippen LogP contribution >= 0.6 is 0 Å². The zero-order valence-electron chi connectivity index (χ0n) is 12.5. The third-order valence-electron chi connectivity index (χ3n) is 3.14. The molecule has 0 unspecified atom stereocenters.